The summed E-state index contributed by atoms with van der Waals surface area (Å²) in [5.74, 6) is 0. The Morgan fingerprint density at radius 3 is 2.40 bits per heavy atom. The molecule has 0 aliphatic heterocycles. The zero-order chi connectivity index (χ0) is 11.7. The van der Waals surface area contributed by atoms with Crippen LogP contribution in [0, 0.1) is 0 Å². The van der Waals surface area contributed by atoms with E-state index >= 15 is 0 Å². The zero-order valence-corrected chi connectivity index (χ0v) is 10.8. The van der Waals surface area contributed by atoms with Crippen LogP contribution in [0.1, 0.15) is 38.3 Å². The first-order chi connectivity index (χ1) is 7.22. The van der Waals surface area contributed by atoms with Gasteiger partial charge < -0.3 is 0 Å². The molecule has 0 aliphatic rings. The van der Waals surface area contributed by atoms with E-state index in [0.717, 1.165) is 24.3 Å². The lowest BCUT2D eigenvalue weighted by molar-refractivity contribution is 0.980. The predicted octanol–water partition coefficient (Wildman–Crippen LogP) is 4.96. The van der Waals surface area contributed by atoms with E-state index < -0.39 is 0 Å². The van der Waals surface area contributed by atoms with E-state index in [1.165, 1.54) is 11.1 Å². The molecule has 0 unspecified atom stereocenters. The molecule has 15 heavy (non-hydrogen) atoms. The summed E-state index contributed by atoms with van der Waals surface area (Å²) in [4.78, 5) is 0. The monoisotopic (exact) mass is 224 g/mol. The van der Waals surface area contributed by atoms with Crippen molar-refractivity contribution in [3.05, 3.63) is 47.0 Å². The largest absolute Gasteiger partial charge is 0.0898 e. The minimum absolute atomic E-state index is 0.738. The van der Waals surface area contributed by atoms with Gasteiger partial charge in [-0.1, -0.05) is 63.2 Å². The molecule has 1 rings (SSSR count). The van der Waals surface area contributed by atoms with Gasteiger partial charge in [0.2, 0.25) is 0 Å². The van der Waals surface area contributed by atoms with Crippen molar-refractivity contribution in [2.24, 2.45) is 0 Å². The first-order valence-corrected chi connectivity index (χ1v) is 6.01. The van der Waals surface area contributed by atoms with Crippen LogP contribution >= 0.6 is 11.6 Å². The highest BCUT2D eigenvalue weighted by molar-refractivity contribution is 6.29. The van der Waals surface area contributed by atoms with Gasteiger partial charge in [-0.2, -0.15) is 0 Å². The number of allylic oxidation sites excluding steroid dienone is 1. The van der Waals surface area contributed by atoms with Crippen molar-refractivity contribution in [1.29, 1.82) is 0 Å². The quantitative estimate of drug-likeness (QED) is 0.678. The van der Waals surface area contributed by atoms with Gasteiger partial charge in [-0.15, -0.1) is 0 Å². The minimum Gasteiger partial charge on any atom is -0.0898 e. The highest BCUT2D eigenvalue weighted by Gasteiger charge is 1.95. The van der Waals surface area contributed by atoms with Crippen molar-refractivity contribution in [3.8, 4) is 0 Å². The molecule has 1 heteroatoms. The van der Waals surface area contributed by atoms with Crippen LogP contribution in [-0.2, 0) is 12.8 Å². The first-order valence-electron chi connectivity index (χ1n) is 5.63. The summed E-state index contributed by atoms with van der Waals surface area (Å²) in [5.41, 5.74) is 2.74. The predicted molar refractivity (Wildman–Crippen MR) is 70.5 cm³/mol. The van der Waals surface area contributed by atoms with Gasteiger partial charge in [-0.3, -0.25) is 0 Å². The van der Waals surface area contributed by atoms with Crippen molar-refractivity contribution in [2.75, 3.05) is 0 Å². The number of hydrogen-bond acceptors (Lipinski definition) is 0. The molecule has 0 heterocycles. The van der Waals surface area contributed by atoms with Crippen LogP contribution in [0.3, 0.4) is 0 Å². The van der Waals surface area contributed by atoms with Gasteiger partial charge in [0.05, 0.1) is 0 Å². The Morgan fingerprint density at radius 2 is 1.87 bits per heavy atom. The normalized spacial score (nSPS) is 9.07. The topological polar surface area (TPSA) is 0 Å². The van der Waals surface area contributed by atoms with Gasteiger partial charge in [0.1, 0.15) is 0 Å². The van der Waals surface area contributed by atoms with Crippen molar-refractivity contribution in [1.82, 2.24) is 0 Å². The van der Waals surface area contributed by atoms with Crippen molar-refractivity contribution >= 4 is 11.6 Å². The fraction of sp³-hybridized carbons (Fsp3) is 0.429. The van der Waals surface area contributed by atoms with Gasteiger partial charge in [0.25, 0.3) is 0 Å². The molecule has 0 atom stereocenters. The fourth-order valence-corrected chi connectivity index (χ4v) is 1.38. The number of halogens is 1. The molecule has 0 bridgehead atoms. The lowest BCUT2D eigenvalue weighted by Crippen LogP contribution is -1.87. The first kappa shape index (κ1) is 14.2. The molecule has 1 aromatic carbocycles. The van der Waals surface area contributed by atoms with Crippen LogP contribution in [0.2, 0.25) is 0 Å². The third-order valence-corrected chi connectivity index (χ3v) is 2.27. The van der Waals surface area contributed by atoms with Crippen LogP contribution in [0.5, 0.6) is 0 Å². The highest BCUT2D eigenvalue weighted by Crippen LogP contribution is 2.12. The Bertz CT molecular complexity index is 289. The Labute approximate surface area is 99.0 Å². The molecular weight excluding hydrogens is 204 g/mol. The number of rotatable bonds is 4. The molecule has 0 radical (unpaired) electrons. The van der Waals surface area contributed by atoms with E-state index in [1.54, 1.807) is 0 Å². The van der Waals surface area contributed by atoms with Crippen LogP contribution in [-0.4, -0.2) is 0 Å². The van der Waals surface area contributed by atoms with E-state index in [1.807, 2.05) is 13.8 Å². The summed E-state index contributed by atoms with van der Waals surface area (Å²) in [6.45, 7) is 9.84. The molecule has 0 nitrogen and oxygen atoms in total. The number of benzene rings is 1. The lowest BCUT2D eigenvalue weighted by atomic mass is 10.1. The lowest BCUT2D eigenvalue weighted by Gasteiger charge is -2.02. The Balaban J connectivity index is 0.000000921. The average molecular weight is 225 g/mol. The minimum atomic E-state index is 0.738. The van der Waals surface area contributed by atoms with Gasteiger partial charge in [0.15, 0.2) is 0 Å². The molecule has 84 valence electrons. The third-order valence-electron chi connectivity index (χ3n) is 2.08. The summed E-state index contributed by atoms with van der Waals surface area (Å²) in [6.07, 6.45) is 2.96. The zero-order valence-electron chi connectivity index (χ0n) is 10.0. The van der Waals surface area contributed by atoms with E-state index in [4.69, 9.17) is 11.6 Å². The fourth-order valence-electron chi connectivity index (χ4n) is 1.29. The average Bonchev–Trinajstić information content (AvgIpc) is 2.29. The van der Waals surface area contributed by atoms with Crippen LogP contribution in [0.4, 0.5) is 0 Å². The molecule has 1 aromatic rings. The van der Waals surface area contributed by atoms with Crippen molar-refractivity contribution in [2.45, 2.75) is 40.0 Å². The van der Waals surface area contributed by atoms with Gasteiger partial charge in [0, 0.05) is 5.03 Å². The van der Waals surface area contributed by atoms with Gasteiger partial charge >= 0.3 is 0 Å². The molecule has 0 aromatic heterocycles. The highest BCUT2D eigenvalue weighted by atomic mass is 35.5. The van der Waals surface area contributed by atoms with E-state index in [2.05, 4.69) is 37.8 Å². The maximum atomic E-state index is 5.71. The standard InChI is InChI=1S/C12H15Cl.C2H6/c1-3-11-5-4-6-12(9-11)8-7-10(2)13;1-2/h4-6,9H,2-3,7-8H2,1H3;1-2H3. The summed E-state index contributed by atoms with van der Waals surface area (Å²) in [5, 5.41) is 0.738. The summed E-state index contributed by atoms with van der Waals surface area (Å²) >= 11 is 5.71. The molecule has 0 aliphatic carbocycles. The Hall–Kier alpha value is -0.750. The second-order valence-corrected chi connectivity index (χ2v) is 3.73. The van der Waals surface area contributed by atoms with Crippen LogP contribution in [0.25, 0.3) is 0 Å². The maximum absolute atomic E-state index is 5.71. The van der Waals surface area contributed by atoms with Crippen molar-refractivity contribution in [3.63, 3.8) is 0 Å². The van der Waals surface area contributed by atoms with Crippen molar-refractivity contribution < 1.29 is 0 Å². The number of hydrogen-bond donors (Lipinski definition) is 0. The summed E-state index contributed by atoms with van der Waals surface area (Å²) in [6, 6.07) is 8.63. The second-order valence-electron chi connectivity index (χ2n) is 3.19. The molecule has 0 saturated carbocycles. The SMILES string of the molecule is C=C(Cl)CCc1cccc(CC)c1.CC. The van der Waals surface area contributed by atoms with E-state index in [-0.39, 0.29) is 0 Å². The van der Waals surface area contributed by atoms with E-state index in [9.17, 15) is 0 Å². The van der Waals surface area contributed by atoms with Gasteiger partial charge in [-0.25, -0.2) is 0 Å². The number of aryl methyl sites for hydroxylation is 2. The molecule has 0 fully saturated rings. The Morgan fingerprint density at radius 1 is 1.27 bits per heavy atom. The smallest absolute Gasteiger partial charge is 0.0112 e. The van der Waals surface area contributed by atoms with Crippen LogP contribution in [0.15, 0.2) is 35.9 Å². The summed E-state index contributed by atoms with van der Waals surface area (Å²) < 4.78 is 0. The Kier molecular flexibility index (Phi) is 8.12. The second kappa shape index (κ2) is 8.55. The van der Waals surface area contributed by atoms with Crippen LogP contribution < -0.4 is 0 Å². The molecule has 0 N–H and O–H groups in total. The summed E-state index contributed by atoms with van der Waals surface area (Å²) in [7, 11) is 0. The van der Waals surface area contributed by atoms with E-state index in [0.29, 0.717) is 0 Å². The third kappa shape index (κ3) is 6.35. The van der Waals surface area contributed by atoms with Gasteiger partial charge in [-0.05, 0) is 30.4 Å². The molecule has 0 saturated heterocycles. The molecular formula is C14H21Cl. The maximum Gasteiger partial charge on any atom is 0.0112 e. The molecule has 0 spiro atoms. The molecule has 0 amide bonds.